The molecule has 28 heavy (non-hydrogen) atoms. The Morgan fingerprint density at radius 1 is 1.14 bits per heavy atom. The van der Waals surface area contributed by atoms with Crippen LogP contribution in [0.5, 0.6) is 11.6 Å². The van der Waals surface area contributed by atoms with E-state index in [4.69, 9.17) is 10.5 Å². The summed E-state index contributed by atoms with van der Waals surface area (Å²) in [5.41, 5.74) is 7.41. The minimum absolute atomic E-state index is 0. The first-order valence-corrected chi connectivity index (χ1v) is 8.32. The highest BCUT2D eigenvalue weighted by Crippen LogP contribution is 2.22. The number of hydrogen-bond acceptors (Lipinski definition) is 4. The van der Waals surface area contributed by atoms with Gasteiger partial charge in [0.2, 0.25) is 5.88 Å². The number of ether oxygens (including phenoxy) is 2. The van der Waals surface area contributed by atoms with Gasteiger partial charge in [-0.1, -0.05) is 25.1 Å². The van der Waals surface area contributed by atoms with Gasteiger partial charge in [0.25, 0.3) is 0 Å². The number of aliphatic imine (C=N–C) groups is 1. The van der Waals surface area contributed by atoms with Crippen LogP contribution < -0.4 is 20.5 Å². The fourth-order valence-electron chi connectivity index (χ4n) is 2.03. The first-order chi connectivity index (χ1) is 12.9. The number of nitrogens with zero attached hydrogens (tertiary/aromatic N) is 2. The van der Waals surface area contributed by atoms with Gasteiger partial charge < -0.3 is 20.5 Å². The standard InChI is InChI=1S/C18H21F3N4O2.HI/c1-2-9-26-16-8-5-14(11-23-16)12-25-17(22)24-10-13-3-6-15(7-4-13)27-18(19,20)21;/h3-8,11H,2,9-10,12H2,1H3,(H3,22,24,25);1H. The Labute approximate surface area is 178 Å². The van der Waals surface area contributed by atoms with Crippen LogP contribution in [-0.2, 0) is 13.1 Å². The van der Waals surface area contributed by atoms with Crippen LogP contribution in [0.4, 0.5) is 13.2 Å². The first kappa shape index (κ1) is 23.8. The summed E-state index contributed by atoms with van der Waals surface area (Å²) in [5.74, 6) is 0.511. The van der Waals surface area contributed by atoms with E-state index in [1.165, 1.54) is 24.3 Å². The van der Waals surface area contributed by atoms with E-state index in [0.717, 1.165) is 17.5 Å². The molecule has 1 heterocycles. The van der Waals surface area contributed by atoms with Gasteiger partial charge in [0.1, 0.15) is 5.75 Å². The molecule has 2 rings (SSSR count). The lowest BCUT2D eigenvalue weighted by Crippen LogP contribution is -2.31. The molecule has 0 saturated carbocycles. The van der Waals surface area contributed by atoms with Gasteiger partial charge >= 0.3 is 6.36 Å². The molecule has 6 nitrogen and oxygen atoms in total. The lowest BCUT2D eigenvalue weighted by atomic mass is 10.2. The number of nitrogens with one attached hydrogen (secondary N) is 1. The number of aromatic nitrogens is 1. The van der Waals surface area contributed by atoms with Crippen molar-refractivity contribution < 1.29 is 22.6 Å². The summed E-state index contributed by atoms with van der Waals surface area (Å²) in [4.78, 5) is 8.37. The van der Waals surface area contributed by atoms with Gasteiger partial charge in [-0.25, -0.2) is 9.98 Å². The lowest BCUT2D eigenvalue weighted by Gasteiger charge is -2.10. The number of nitrogens with two attached hydrogens (primary N) is 1. The van der Waals surface area contributed by atoms with E-state index in [1.54, 1.807) is 12.3 Å². The van der Waals surface area contributed by atoms with E-state index in [2.05, 4.69) is 20.0 Å². The summed E-state index contributed by atoms with van der Waals surface area (Å²) >= 11 is 0. The highest BCUT2D eigenvalue weighted by molar-refractivity contribution is 14.0. The number of pyridine rings is 1. The molecule has 1 aromatic heterocycles. The summed E-state index contributed by atoms with van der Waals surface area (Å²) in [7, 11) is 0. The summed E-state index contributed by atoms with van der Waals surface area (Å²) < 4.78 is 45.6. The van der Waals surface area contributed by atoms with Gasteiger partial charge in [-0.15, -0.1) is 37.1 Å². The van der Waals surface area contributed by atoms with Gasteiger partial charge in [0, 0.05) is 18.8 Å². The van der Waals surface area contributed by atoms with Crippen LogP contribution >= 0.6 is 24.0 Å². The minimum Gasteiger partial charge on any atom is -0.478 e. The molecule has 0 atom stereocenters. The molecule has 10 heteroatoms. The van der Waals surface area contributed by atoms with Crippen LogP contribution in [0.25, 0.3) is 0 Å². The van der Waals surface area contributed by atoms with Crippen molar-refractivity contribution in [2.75, 3.05) is 6.61 Å². The molecule has 3 N–H and O–H groups in total. The van der Waals surface area contributed by atoms with Crippen molar-refractivity contribution in [3.05, 3.63) is 53.7 Å². The molecule has 0 aliphatic carbocycles. The van der Waals surface area contributed by atoms with Crippen LogP contribution in [0, 0.1) is 0 Å². The van der Waals surface area contributed by atoms with Crippen molar-refractivity contribution in [1.82, 2.24) is 10.3 Å². The monoisotopic (exact) mass is 510 g/mol. The molecule has 0 fully saturated rings. The number of halogens is 4. The van der Waals surface area contributed by atoms with Gasteiger partial charge in [0.05, 0.1) is 13.2 Å². The molecule has 1 aromatic carbocycles. The van der Waals surface area contributed by atoms with E-state index in [1.807, 2.05) is 13.0 Å². The van der Waals surface area contributed by atoms with E-state index < -0.39 is 6.36 Å². The average molecular weight is 510 g/mol. The van der Waals surface area contributed by atoms with Crippen molar-refractivity contribution in [2.45, 2.75) is 32.8 Å². The van der Waals surface area contributed by atoms with Crippen molar-refractivity contribution in [1.29, 1.82) is 0 Å². The van der Waals surface area contributed by atoms with Crippen molar-refractivity contribution in [3.8, 4) is 11.6 Å². The Kier molecular flexibility index (Phi) is 9.83. The second kappa shape index (κ2) is 11.6. The number of alkyl halides is 3. The fourth-order valence-corrected chi connectivity index (χ4v) is 2.03. The predicted octanol–water partition coefficient (Wildman–Crippen LogP) is 3.99. The largest absolute Gasteiger partial charge is 0.573 e. The van der Waals surface area contributed by atoms with Crippen molar-refractivity contribution >= 4 is 29.9 Å². The fraction of sp³-hybridized carbons (Fsp3) is 0.333. The molecule has 154 valence electrons. The summed E-state index contributed by atoms with van der Waals surface area (Å²) in [6.45, 7) is 3.30. The Morgan fingerprint density at radius 3 is 2.39 bits per heavy atom. The van der Waals surface area contributed by atoms with Gasteiger partial charge in [-0.05, 0) is 29.7 Å². The topological polar surface area (TPSA) is 81.8 Å². The van der Waals surface area contributed by atoms with Gasteiger partial charge in [0.15, 0.2) is 5.96 Å². The molecule has 0 radical (unpaired) electrons. The maximum absolute atomic E-state index is 12.1. The van der Waals surface area contributed by atoms with Crippen molar-refractivity contribution in [3.63, 3.8) is 0 Å². The first-order valence-electron chi connectivity index (χ1n) is 8.32. The van der Waals surface area contributed by atoms with E-state index in [0.29, 0.717) is 25.6 Å². The number of guanidine groups is 1. The SMILES string of the molecule is CCCOc1ccc(CN=C(N)NCc2ccc(OC(F)(F)F)cc2)cn1.I. The van der Waals surface area contributed by atoms with E-state index >= 15 is 0 Å². The zero-order valence-corrected chi connectivity index (χ0v) is 17.5. The molecule has 0 spiro atoms. The highest BCUT2D eigenvalue weighted by atomic mass is 127. The number of hydrogen-bond donors (Lipinski definition) is 2. The molecule has 0 unspecified atom stereocenters. The zero-order valence-electron chi connectivity index (χ0n) is 15.2. The van der Waals surface area contributed by atoms with E-state index in [9.17, 15) is 13.2 Å². The minimum atomic E-state index is -4.70. The highest BCUT2D eigenvalue weighted by Gasteiger charge is 2.30. The molecule has 0 bridgehead atoms. The molecule has 0 amide bonds. The third-order valence-electron chi connectivity index (χ3n) is 3.31. The van der Waals surface area contributed by atoms with Crippen LogP contribution in [-0.4, -0.2) is 23.9 Å². The molecular weight excluding hydrogens is 488 g/mol. The summed E-state index contributed by atoms with van der Waals surface area (Å²) in [5, 5.41) is 2.90. The Hall–Kier alpha value is -2.24. The second-order valence-corrected chi connectivity index (χ2v) is 5.60. The number of rotatable bonds is 8. The molecule has 0 saturated heterocycles. The maximum atomic E-state index is 12.1. The molecule has 2 aromatic rings. The third-order valence-corrected chi connectivity index (χ3v) is 3.31. The van der Waals surface area contributed by atoms with Crippen LogP contribution in [0.3, 0.4) is 0 Å². The molecule has 0 aliphatic rings. The normalized spacial score (nSPS) is 11.5. The molecule has 0 aliphatic heterocycles. The quantitative estimate of drug-likeness (QED) is 0.319. The zero-order chi connectivity index (χ0) is 19.7. The van der Waals surface area contributed by atoms with Crippen LogP contribution in [0.2, 0.25) is 0 Å². The Balaban J connectivity index is 0.00000392. The smallest absolute Gasteiger partial charge is 0.478 e. The summed E-state index contributed by atoms with van der Waals surface area (Å²) in [6, 6.07) is 9.14. The predicted molar refractivity (Wildman–Crippen MR) is 111 cm³/mol. The lowest BCUT2D eigenvalue weighted by molar-refractivity contribution is -0.274. The van der Waals surface area contributed by atoms with Gasteiger partial charge in [-0.2, -0.15) is 0 Å². The van der Waals surface area contributed by atoms with E-state index in [-0.39, 0.29) is 35.7 Å². The van der Waals surface area contributed by atoms with Crippen LogP contribution in [0.15, 0.2) is 47.6 Å². The van der Waals surface area contributed by atoms with Crippen LogP contribution in [0.1, 0.15) is 24.5 Å². The van der Waals surface area contributed by atoms with Gasteiger partial charge in [-0.3, -0.25) is 0 Å². The Bertz CT molecular complexity index is 738. The summed E-state index contributed by atoms with van der Waals surface area (Å²) in [6.07, 6.45) is -2.12. The Morgan fingerprint density at radius 2 is 1.82 bits per heavy atom. The third kappa shape index (κ3) is 9.11. The van der Waals surface area contributed by atoms with Crippen molar-refractivity contribution in [2.24, 2.45) is 10.7 Å². The molecular formula is C18H22F3IN4O2. The average Bonchev–Trinajstić information content (AvgIpc) is 2.63. The number of benzene rings is 1. The second-order valence-electron chi connectivity index (χ2n) is 5.60. The maximum Gasteiger partial charge on any atom is 0.573 e.